The molecule has 2 aromatic rings. The molecule has 3 nitrogen and oxygen atoms in total. The normalized spacial score (nSPS) is 17.9. The molecule has 0 radical (unpaired) electrons. The van der Waals surface area contributed by atoms with E-state index in [0.717, 1.165) is 31.9 Å². The number of nitrogens with one attached hydrogen (secondary N) is 1. The van der Waals surface area contributed by atoms with Crippen molar-refractivity contribution in [1.82, 2.24) is 10.2 Å². The SMILES string of the molecule is COc1ccc([C@H](c2cccs2)N2CCNCC2)cc1. The number of ether oxygens (including phenoxy) is 1. The van der Waals surface area contributed by atoms with Crippen LogP contribution in [0.5, 0.6) is 5.75 Å². The molecule has 1 aliphatic heterocycles. The van der Waals surface area contributed by atoms with Crippen molar-refractivity contribution in [3.05, 3.63) is 52.2 Å². The maximum absolute atomic E-state index is 5.26. The zero-order valence-electron chi connectivity index (χ0n) is 11.7. The molecule has 0 saturated carbocycles. The molecule has 1 N–H and O–H groups in total. The van der Waals surface area contributed by atoms with Crippen LogP contribution < -0.4 is 10.1 Å². The summed E-state index contributed by atoms with van der Waals surface area (Å²) in [6.45, 7) is 4.32. The van der Waals surface area contributed by atoms with Crippen LogP contribution in [0.25, 0.3) is 0 Å². The van der Waals surface area contributed by atoms with E-state index in [1.165, 1.54) is 10.4 Å². The van der Waals surface area contributed by atoms with Gasteiger partial charge < -0.3 is 10.1 Å². The van der Waals surface area contributed by atoms with Gasteiger partial charge >= 0.3 is 0 Å². The van der Waals surface area contributed by atoms with Crippen molar-refractivity contribution in [2.45, 2.75) is 6.04 Å². The maximum Gasteiger partial charge on any atom is 0.118 e. The largest absolute Gasteiger partial charge is 0.497 e. The van der Waals surface area contributed by atoms with Crippen LogP contribution in [-0.4, -0.2) is 38.2 Å². The fraction of sp³-hybridized carbons (Fsp3) is 0.375. The summed E-state index contributed by atoms with van der Waals surface area (Å²) >= 11 is 1.84. The van der Waals surface area contributed by atoms with Gasteiger partial charge in [-0.15, -0.1) is 11.3 Å². The highest BCUT2D eigenvalue weighted by Crippen LogP contribution is 2.32. The van der Waals surface area contributed by atoms with Crippen molar-refractivity contribution < 1.29 is 4.74 Å². The highest BCUT2D eigenvalue weighted by atomic mass is 32.1. The lowest BCUT2D eigenvalue weighted by Crippen LogP contribution is -2.45. The maximum atomic E-state index is 5.26. The molecule has 1 fully saturated rings. The van der Waals surface area contributed by atoms with Crippen molar-refractivity contribution in [3.63, 3.8) is 0 Å². The Balaban J connectivity index is 1.91. The van der Waals surface area contributed by atoms with Gasteiger partial charge in [0.2, 0.25) is 0 Å². The Hall–Kier alpha value is -1.36. The summed E-state index contributed by atoms with van der Waals surface area (Å²) in [6.07, 6.45) is 0. The highest BCUT2D eigenvalue weighted by Gasteiger charge is 2.24. The monoisotopic (exact) mass is 288 g/mol. The minimum Gasteiger partial charge on any atom is -0.497 e. The Bertz CT molecular complexity index is 518. The first kappa shape index (κ1) is 13.6. The van der Waals surface area contributed by atoms with Crippen LogP contribution in [0.3, 0.4) is 0 Å². The van der Waals surface area contributed by atoms with Crippen LogP contribution in [0.2, 0.25) is 0 Å². The lowest BCUT2D eigenvalue weighted by molar-refractivity contribution is 0.200. The van der Waals surface area contributed by atoms with E-state index in [0.29, 0.717) is 6.04 Å². The first-order valence-corrected chi connectivity index (χ1v) is 7.88. The summed E-state index contributed by atoms with van der Waals surface area (Å²) in [5.41, 5.74) is 1.34. The molecule has 4 heteroatoms. The summed E-state index contributed by atoms with van der Waals surface area (Å²) in [5, 5.41) is 5.59. The summed E-state index contributed by atoms with van der Waals surface area (Å²) in [6, 6.07) is 13.2. The van der Waals surface area contributed by atoms with E-state index in [-0.39, 0.29) is 0 Å². The fourth-order valence-corrected chi connectivity index (χ4v) is 3.61. The Morgan fingerprint density at radius 3 is 2.50 bits per heavy atom. The van der Waals surface area contributed by atoms with E-state index in [2.05, 4.69) is 52.0 Å². The number of piperazine rings is 1. The summed E-state index contributed by atoms with van der Waals surface area (Å²) < 4.78 is 5.26. The van der Waals surface area contributed by atoms with Crippen LogP contribution in [-0.2, 0) is 0 Å². The van der Waals surface area contributed by atoms with E-state index in [1.807, 2.05) is 11.3 Å². The van der Waals surface area contributed by atoms with Gasteiger partial charge in [0, 0.05) is 31.1 Å². The van der Waals surface area contributed by atoms with Gasteiger partial charge in [-0.2, -0.15) is 0 Å². The van der Waals surface area contributed by atoms with Crippen molar-refractivity contribution in [2.75, 3.05) is 33.3 Å². The Morgan fingerprint density at radius 2 is 1.90 bits per heavy atom. The van der Waals surface area contributed by atoms with Crippen LogP contribution >= 0.6 is 11.3 Å². The lowest BCUT2D eigenvalue weighted by Gasteiger charge is -2.34. The molecule has 1 aromatic heterocycles. The van der Waals surface area contributed by atoms with Gasteiger partial charge in [0.1, 0.15) is 5.75 Å². The second-order valence-corrected chi connectivity index (χ2v) is 5.96. The zero-order valence-corrected chi connectivity index (χ0v) is 12.5. The average molecular weight is 288 g/mol. The number of thiophene rings is 1. The molecule has 1 aromatic carbocycles. The van der Waals surface area contributed by atoms with Crippen molar-refractivity contribution in [1.29, 1.82) is 0 Å². The first-order chi connectivity index (χ1) is 9.88. The molecular weight excluding hydrogens is 268 g/mol. The third-order valence-corrected chi connectivity index (χ3v) is 4.69. The number of hydrogen-bond donors (Lipinski definition) is 1. The molecule has 106 valence electrons. The van der Waals surface area contributed by atoms with Crippen LogP contribution in [0.4, 0.5) is 0 Å². The molecule has 1 saturated heterocycles. The van der Waals surface area contributed by atoms with Crippen LogP contribution in [0.1, 0.15) is 16.5 Å². The Morgan fingerprint density at radius 1 is 1.15 bits per heavy atom. The van der Waals surface area contributed by atoms with E-state index in [4.69, 9.17) is 4.74 Å². The van der Waals surface area contributed by atoms with Crippen LogP contribution in [0, 0.1) is 0 Å². The number of benzene rings is 1. The van der Waals surface area contributed by atoms with Crippen molar-refractivity contribution in [3.8, 4) is 5.75 Å². The topological polar surface area (TPSA) is 24.5 Å². The van der Waals surface area contributed by atoms with Gasteiger partial charge in [-0.1, -0.05) is 18.2 Å². The molecular formula is C16H20N2OS. The zero-order chi connectivity index (χ0) is 13.8. The third-order valence-electron chi connectivity index (χ3n) is 3.76. The second-order valence-electron chi connectivity index (χ2n) is 4.98. The van der Waals surface area contributed by atoms with Crippen LogP contribution in [0.15, 0.2) is 41.8 Å². The van der Waals surface area contributed by atoms with Gasteiger partial charge in [0.15, 0.2) is 0 Å². The molecule has 0 spiro atoms. The predicted octanol–water partition coefficient (Wildman–Crippen LogP) is 2.75. The lowest BCUT2D eigenvalue weighted by atomic mass is 10.0. The highest BCUT2D eigenvalue weighted by molar-refractivity contribution is 7.10. The first-order valence-electron chi connectivity index (χ1n) is 7.00. The summed E-state index contributed by atoms with van der Waals surface area (Å²) in [7, 11) is 1.71. The molecule has 0 aliphatic carbocycles. The number of nitrogens with zero attached hydrogens (tertiary/aromatic N) is 1. The Labute approximate surface area is 124 Å². The standard InChI is InChI=1S/C16H20N2OS/c1-19-14-6-4-13(5-7-14)16(15-3-2-12-20-15)18-10-8-17-9-11-18/h2-7,12,16-17H,8-11H2,1H3/t16-/m1/s1. The quantitative estimate of drug-likeness (QED) is 0.936. The molecule has 1 aliphatic rings. The summed E-state index contributed by atoms with van der Waals surface area (Å²) in [5.74, 6) is 0.916. The van der Waals surface area contributed by atoms with E-state index >= 15 is 0 Å². The Kier molecular flexibility index (Phi) is 4.35. The van der Waals surface area contributed by atoms with E-state index in [1.54, 1.807) is 7.11 Å². The van der Waals surface area contributed by atoms with Gasteiger partial charge in [0.05, 0.1) is 13.2 Å². The molecule has 0 bridgehead atoms. The van der Waals surface area contributed by atoms with Gasteiger partial charge in [-0.3, -0.25) is 4.90 Å². The average Bonchev–Trinajstić information content (AvgIpc) is 3.03. The van der Waals surface area contributed by atoms with E-state index in [9.17, 15) is 0 Å². The third kappa shape index (κ3) is 2.87. The van der Waals surface area contributed by atoms with Gasteiger partial charge in [-0.25, -0.2) is 0 Å². The molecule has 20 heavy (non-hydrogen) atoms. The summed E-state index contributed by atoms with van der Waals surface area (Å²) in [4.78, 5) is 3.97. The van der Waals surface area contributed by atoms with Crippen molar-refractivity contribution >= 4 is 11.3 Å². The minimum absolute atomic E-state index is 0.364. The molecule has 2 heterocycles. The number of methoxy groups -OCH3 is 1. The fourth-order valence-electron chi connectivity index (χ4n) is 2.73. The van der Waals surface area contributed by atoms with Gasteiger partial charge in [-0.05, 0) is 29.1 Å². The molecule has 0 amide bonds. The predicted molar refractivity (Wildman–Crippen MR) is 83.6 cm³/mol. The smallest absolute Gasteiger partial charge is 0.118 e. The molecule has 1 atom stereocenters. The minimum atomic E-state index is 0.364. The van der Waals surface area contributed by atoms with E-state index < -0.39 is 0 Å². The molecule has 0 unspecified atom stereocenters. The molecule has 3 rings (SSSR count). The number of rotatable bonds is 4. The number of hydrogen-bond acceptors (Lipinski definition) is 4. The second kappa shape index (κ2) is 6.39. The van der Waals surface area contributed by atoms with Crippen molar-refractivity contribution in [2.24, 2.45) is 0 Å². The van der Waals surface area contributed by atoms with Gasteiger partial charge in [0.25, 0.3) is 0 Å².